The van der Waals surface area contributed by atoms with Gasteiger partial charge in [0.1, 0.15) is 22.9 Å². The number of Topliss-reactive ketones (excluding diaryl/α,β-unsaturated/α-hetero) is 2. The Labute approximate surface area is 216 Å². The number of carbonyl (C=O) groups excluding carboxylic acids is 4. The molecule has 0 heterocycles. The first-order valence-corrected chi connectivity index (χ1v) is 12.1. The molecule has 0 fully saturated rings. The van der Waals surface area contributed by atoms with E-state index in [2.05, 4.69) is 10.6 Å². The monoisotopic (exact) mass is 532 g/mol. The molecule has 5 atom stereocenters. The van der Waals surface area contributed by atoms with Crippen molar-refractivity contribution in [1.82, 2.24) is 5.32 Å². The Hall–Kier alpha value is -3.81. The maximum atomic E-state index is 15.2. The van der Waals surface area contributed by atoms with E-state index in [-0.39, 0.29) is 36.7 Å². The SMILES string of the molecule is CC[C@H](C)NCC(=O)Nc1cc(F)c2c(c1O)C(=O)C1=C(O)[C@]3(O)C(=O)C(C(N)=O)=C(O)[C@@H](N)[C@@H]3C[C@@H]1C2. The first kappa shape index (κ1) is 27.2. The molecule has 1 aromatic carbocycles. The van der Waals surface area contributed by atoms with E-state index in [0.29, 0.717) is 0 Å². The summed E-state index contributed by atoms with van der Waals surface area (Å²) in [5, 5.41) is 48.8. The molecule has 0 bridgehead atoms. The van der Waals surface area contributed by atoms with Crippen LogP contribution in [0.15, 0.2) is 28.7 Å². The lowest BCUT2D eigenvalue weighted by Gasteiger charge is -2.47. The van der Waals surface area contributed by atoms with E-state index < -0.39 is 86.7 Å². The van der Waals surface area contributed by atoms with Crippen LogP contribution in [-0.4, -0.2) is 68.0 Å². The van der Waals surface area contributed by atoms with Gasteiger partial charge in [0.15, 0.2) is 17.1 Å². The molecule has 13 heteroatoms. The van der Waals surface area contributed by atoms with E-state index in [0.717, 1.165) is 12.5 Å². The van der Waals surface area contributed by atoms with E-state index in [9.17, 15) is 39.6 Å². The third kappa shape index (κ3) is 3.94. The fourth-order valence-electron chi connectivity index (χ4n) is 5.44. The van der Waals surface area contributed by atoms with Gasteiger partial charge in [-0.2, -0.15) is 0 Å². The number of ketones is 2. The number of phenols is 1. The van der Waals surface area contributed by atoms with Gasteiger partial charge in [-0.05, 0) is 32.1 Å². The fourth-order valence-corrected chi connectivity index (χ4v) is 5.44. The van der Waals surface area contributed by atoms with E-state index in [4.69, 9.17) is 11.5 Å². The molecule has 10 N–H and O–H groups in total. The van der Waals surface area contributed by atoms with Crippen LogP contribution in [0.3, 0.4) is 0 Å². The van der Waals surface area contributed by atoms with Crippen LogP contribution < -0.4 is 22.1 Å². The van der Waals surface area contributed by atoms with Gasteiger partial charge in [-0.25, -0.2) is 4.39 Å². The maximum absolute atomic E-state index is 15.2. The minimum Gasteiger partial charge on any atom is -0.510 e. The van der Waals surface area contributed by atoms with Crippen LogP contribution in [0.1, 0.15) is 42.6 Å². The van der Waals surface area contributed by atoms with Gasteiger partial charge in [0.05, 0.1) is 23.8 Å². The number of amides is 2. The zero-order valence-electron chi connectivity index (χ0n) is 20.7. The molecule has 0 aliphatic heterocycles. The molecule has 0 saturated heterocycles. The summed E-state index contributed by atoms with van der Waals surface area (Å²) in [7, 11) is 0. The predicted molar refractivity (Wildman–Crippen MR) is 131 cm³/mol. The molecule has 3 aliphatic carbocycles. The van der Waals surface area contributed by atoms with E-state index in [1.807, 2.05) is 13.8 Å². The lowest BCUT2D eigenvalue weighted by atomic mass is 9.59. The molecular formula is C25H29FN4O8. The van der Waals surface area contributed by atoms with Crippen molar-refractivity contribution >= 4 is 29.1 Å². The summed E-state index contributed by atoms with van der Waals surface area (Å²) in [5.41, 5.74) is 5.71. The number of nitrogens with one attached hydrogen (secondary N) is 2. The first-order chi connectivity index (χ1) is 17.7. The molecule has 2 amide bonds. The summed E-state index contributed by atoms with van der Waals surface area (Å²) in [4.78, 5) is 50.7. The van der Waals surface area contributed by atoms with Crippen LogP contribution in [0, 0.1) is 17.7 Å². The number of halogens is 1. The van der Waals surface area contributed by atoms with E-state index in [1.165, 1.54) is 0 Å². The molecule has 0 unspecified atom stereocenters. The Morgan fingerprint density at radius 2 is 1.92 bits per heavy atom. The minimum atomic E-state index is -2.86. The molecule has 0 radical (unpaired) electrons. The number of primary amides is 1. The Morgan fingerprint density at radius 1 is 1.26 bits per heavy atom. The maximum Gasteiger partial charge on any atom is 0.255 e. The fraction of sp³-hybridized carbons (Fsp3) is 0.440. The van der Waals surface area contributed by atoms with Gasteiger partial charge in [0.2, 0.25) is 11.7 Å². The largest absolute Gasteiger partial charge is 0.510 e. The highest BCUT2D eigenvalue weighted by atomic mass is 19.1. The number of aliphatic hydroxyl groups is 3. The third-order valence-electron chi connectivity index (χ3n) is 7.70. The molecule has 204 valence electrons. The Kier molecular flexibility index (Phi) is 6.80. The summed E-state index contributed by atoms with van der Waals surface area (Å²) < 4.78 is 15.2. The van der Waals surface area contributed by atoms with Crippen molar-refractivity contribution in [3.63, 3.8) is 0 Å². The molecule has 12 nitrogen and oxygen atoms in total. The third-order valence-corrected chi connectivity index (χ3v) is 7.70. The normalized spacial score (nSPS) is 27.4. The summed E-state index contributed by atoms with van der Waals surface area (Å²) >= 11 is 0. The van der Waals surface area contributed by atoms with Crippen LogP contribution in [0.2, 0.25) is 0 Å². The van der Waals surface area contributed by atoms with Crippen LogP contribution in [0.4, 0.5) is 10.1 Å². The smallest absolute Gasteiger partial charge is 0.255 e. The molecule has 4 rings (SSSR count). The standard InChI is InChI=1S/C25H29FN4O8/c1-3-8(2)29-7-14(31)30-13-6-12(26)10-4-9-5-11-18(27)21(34)17(24(28)37)23(36)25(11,38)22(35)15(9)20(33)16(10)19(13)32/h6,8-9,11,18,29,32,34-35,38H,3-5,7,27H2,1-2H3,(H2,28,37)(H,30,31)/t8-,9-,11-,18-,25-/m0/s1. The molecule has 0 saturated carbocycles. The number of allylic oxidation sites excluding steroid dienone is 1. The van der Waals surface area contributed by atoms with Crippen LogP contribution in [-0.2, 0) is 20.8 Å². The molecule has 3 aliphatic rings. The number of benzene rings is 1. The van der Waals surface area contributed by atoms with Gasteiger partial charge in [-0.3, -0.25) is 19.2 Å². The van der Waals surface area contributed by atoms with Gasteiger partial charge >= 0.3 is 0 Å². The van der Waals surface area contributed by atoms with Gasteiger partial charge in [-0.15, -0.1) is 0 Å². The van der Waals surface area contributed by atoms with Crippen molar-refractivity contribution in [1.29, 1.82) is 0 Å². The zero-order valence-corrected chi connectivity index (χ0v) is 20.7. The average Bonchev–Trinajstić information content (AvgIpc) is 2.85. The number of anilines is 1. The van der Waals surface area contributed by atoms with Crippen molar-refractivity contribution in [3.05, 3.63) is 45.7 Å². The Bertz CT molecular complexity index is 1340. The quantitative estimate of drug-likeness (QED) is 0.180. The number of phenolic OH excluding ortho intramolecular Hbond substituents is 1. The lowest BCUT2D eigenvalue weighted by Crippen LogP contribution is -2.63. The number of nitrogens with two attached hydrogens (primary N) is 2. The van der Waals surface area contributed by atoms with Gasteiger partial charge in [-0.1, -0.05) is 6.92 Å². The van der Waals surface area contributed by atoms with Crippen molar-refractivity contribution in [3.8, 4) is 5.75 Å². The van der Waals surface area contributed by atoms with Crippen LogP contribution in [0.5, 0.6) is 5.75 Å². The summed E-state index contributed by atoms with van der Waals surface area (Å²) in [6.07, 6.45) is 0.269. The number of hydrogen-bond acceptors (Lipinski definition) is 10. The lowest BCUT2D eigenvalue weighted by molar-refractivity contribution is -0.145. The second kappa shape index (κ2) is 9.49. The molecule has 0 aromatic heterocycles. The minimum absolute atomic E-state index is 0.0198. The Balaban J connectivity index is 1.78. The molecule has 0 spiro atoms. The van der Waals surface area contributed by atoms with E-state index in [1.54, 1.807) is 0 Å². The molecular weight excluding hydrogens is 503 g/mol. The number of hydrogen-bond donors (Lipinski definition) is 8. The average molecular weight is 533 g/mol. The van der Waals surface area contributed by atoms with E-state index >= 15 is 4.39 Å². The van der Waals surface area contributed by atoms with Crippen molar-refractivity contribution < 1.29 is 44.0 Å². The number of carbonyl (C=O) groups is 4. The van der Waals surface area contributed by atoms with Crippen LogP contribution in [0.25, 0.3) is 0 Å². The summed E-state index contributed by atoms with van der Waals surface area (Å²) in [6, 6.07) is -0.605. The molecule has 1 aromatic rings. The predicted octanol–water partition coefficient (Wildman–Crippen LogP) is -0.0166. The highest BCUT2D eigenvalue weighted by Gasteiger charge is 2.62. The van der Waals surface area contributed by atoms with Gasteiger partial charge in [0, 0.05) is 29.2 Å². The Morgan fingerprint density at radius 3 is 2.53 bits per heavy atom. The second-order valence-electron chi connectivity index (χ2n) is 9.93. The topological polar surface area (TPSA) is 225 Å². The van der Waals surface area contributed by atoms with Gasteiger partial charge in [0.25, 0.3) is 5.91 Å². The number of rotatable bonds is 6. The second-order valence-corrected chi connectivity index (χ2v) is 9.93. The first-order valence-electron chi connectivity index (χ1n) is 12.1. The van der Waals surface area contributed by atoms with Crippen molar-refractivity contribution in [2.75, 3.05) is 11.9 Å². The highest BCUT2D eigenvalue weighted by Crippen LogP contribution is 2.52. The molecule has 38 heavy (non-hydrogen) atoms. The van der Waals surface area contributed by atoms with Crippen molar-refractivity contribution in [2.24, 2.45) is 23.3 Å². The van der Waals surface area contributed by atoms with Crippen LogP contribution >= 0.6 is 0 Å². The summed E-state index contributed by atoms with van der Waals surface area (Å²) in [5.74, 6) is -10.4. The van der Waals surface area contributed by atoms with Crippen molar-refractivity contribution in [2.45, 2.75) is 50.8 Å². The zero-order chi connectivity index (χ0) is 28.3. The summed E-state index contributed by atoms with van der Waals surface area (Å²) in [6.45, 7) is 3.62. The van der Waals surface area contributed by atoms with Gasteiger partial charge < -0.3 is 42.5 Å². The number of aliphatic hydroxyl groups excluding tert-OH is 2. The number of aromatic hydroxyl groups is 1. The number of fused-ring (bicyclic) bond motifs is 3. The highest BCUT2D eigenvalue weighted by molar-refractivity contribution is 6.25.